The van der Waals surface area contributed by atoms with Crippen molar-refractivity contribution >= 4 is 0 Å². The smallest absolute Gasteiger partial charge is 0.150 e. The molecule has 11 heavy (non-hydrogen) atoms. The molecule has 0 aliphatic carbocycles. The second kappa shape index (κ2) is 4.10. The van der Waals surface area contributed by atoms with Crippen LogP contribution >= 0.6 is 0 Å². The summed E-state index contributed by atoms with van der Waals surface area (Å²) in [6.07, 6.45) is 1.28. The maximum absolute atomic E-state index is 8.87. The molecule has 0 amide bonds. The van der Waals surface area contributed by atoms with Gasteiger partial charge in [0.25, 0.3) is 0 Å². The van der Waals surface area contributed by atoms with E-state index in [1.165, 1.54) is 0 Å². The molecular formula is C7H12N2O2. The molecule has 2 N–H and O–H groups in total. The molecule has 4 heteroatoms. The summed E-state index contributed by atoms with van der Waals surface area (Å²) in [6, 6.07) is 1.79. The van der Waals surface area contributed by atoms with Crippen molar-refractivity contribution in [2.45, 2.75) is 19.6 Å². The van der Waals surface area contributed by atoms with Crippen molar-refractivity contribution in [2.24, 2.45) is 0 Å². The lowest BCUT2D eigenvalue weighted by Gasteiger charge is -2.03. The van der Waals surface area contributed by atoms with E-state index in [1.54, 1.807) is 19.2 Å². The van der Waals surface area contributed by atoms with Crippen molar-refractivity contribution in [3.63, 3.8) is 0 Å². The van der Waals surface area contributed by atoms with E-state index in [9.17, 15) is 0 Å². The molecule has 1 atom stereocenters. The summed E-state index contributed by atoms with van der Waals surface area (Å²) in [6.45, 7) is 2.92. The van der Waals surface area contributed by atoms with Gasteiger partial charge in [-0.15, -0.1) is 0 Å². The second-order valence-electron chi connectivity index (χ2n) is 2.46. The highest BCUT2D eigenvalue weighted by Gasteiger charge is 1.97. The zero-order valence-electron chi connectivity index (χ0n) is 6.45. The normalized spacial score (nSPS) is 13.3. The van der Waals surface area contributed by atoms with E-state index in [4.69, 9.17) is 9.63 Å². The third-order valence-corrected chi connectivity index (χ3v) is 1.23. The van der Waals surface area contributed by atoms with Gasteiger partial charge in [-0.1, -0.05) is 5.16 Å². The molecular weight excluding hydrogens is 144 g/mol. The monoisotopic (exact) mass is 156 g/mol. The van der Waals surface area contributed by atoms with Crippen LogP contribution in [0.2, 0.25) is 0 Å². The summed E-state index contributed by atoms with van der Waals surface area (Å²) in [4.78, 5) is 0. The van der Waals surface area contributed by atoms with Crippen LogP contribution in [-0.2, 0) is 6.54 Å². The standard InChI is InChI=1S/C7H12N2O2/c1-6(10)4-8-5-7-2-3-9-11-7/h2-3,6,8,10H,4-5H2,1H3. The highest BCUT2D eigenvalue weighted by Crippen LogP contribution is 1.94. The molecule has 0 aliphatic heterocycles. The first kappa shape index (κ1) is 8.23. The van der Waals surface area contributed by atoms with Gasteiger partial charge in [-0.05, 0) is 6.92 Å². The molecule has 1 aromatic heterocycles. The average molecular weight is 156 g/mol. The van der Waals surface area contributed by atoms with Crippen LogP contribution < -0.4 is 5.32 Å². The molecule has 0 bridgehead atoms. The highest BCUT2D eigenvalue weighted by atomic mass is 16.5. The van der Waals surface area contributed by atoms with Gasteiger partial charge in [0.2, 0.25) is 0 Å². The molecule has 4 nitrogen and oxygen atoms in total. The first-order valence-corrected chi connectivity index (χ1v) is 3.57. The molecule has 0 radical (unpaired) electrons. The fraction of sp³-hybridized carbons (Fsp3) is 0.571. The van der Waals surface area contributed by atoms with Crippen molar-refractivity contribution in [1.29, 1.82) is 0 Å². The Kier molecular flexibility index (Phi) is 3.07. The number of hydrogen-bond donors (Lipinski definition) is 2. The third-order valence-electron chi connectivity index (χ3n) is 1.23. The van der Waals surface area contributed by atoms with Gasteiger partial charge >= 0.3 is 0 Å². The Morgan fingerprint density at radius 3 is 3.18 bits per heavy atom. The maximum Gasteiger partial charge on any atom is 0.150 e. The molecule has 1 aromatic rings. The van der Waals surface area contributed by atoms with Crippen LogP contribution in [0.3, 0.4) is 0 Å². The molecule has 0 saturated heterocycles. The minimum atomic E-state index is -0.321. The van der Waals surface area contributed by atoms with E-state index in [1.807, 2.05) is 0 Å². The van der Waals surface area contributed by atoms with Gasteiger partial charge in [0.1, 0.15) is 5.76 Å². The Labute approximate surface area is 65.2 Å². The molecule has 1 heterocycles. The molecule has 0 fully saturated rings. The highest BCUT2D eigenvalue weighted by molar-refractivity contribution is 4.91. The maximum atomic E-state index is 8.87. The number of nitrogens with one attached hydrogen (secondary N) is 1. The Balaban J connectivity index is 2.14. The van der Waals surface area contributed by atoms with Crippen molar-refractivity contribution in [1.82, 2.24) is 10.5 Å². The van der Waals surface area contributed by atoms with Gasteiger partial charge in [-0.3, -0.25) is 0 Å². The van der Waals surface area contributed by atoms with Crippen LogP contribution in [0.5, 0.6) is 0 Å². The van der Waals surface area contributed by atoms with Crippen LogP contribution in [-0.4, -0.2) is 22.9 Å². The predicted octanol–water partition coefficient (Wildman–Crippen LogP) is 0.145. The average Bonchev–Trinajstić information content (AvgIpc) is 2.39. The molecule has 0 spiro atoms. The summed E-state index contributed by atoms with van der Waals surface area (Å²) in [7, 11) is 0. The molecule has 0 aliphatic rings. The Bertz CT molecular complexity index is 184. The van der Waals surface area contributed by atoms with Crippen molar-refractivity contribution in [3.05, 3.63) is 18.0 Å². The number of aliphatic hydroxyl groups excluding tert-OH is 1. The fourth-order valence-corrected chi connectivity index (χ4v) is 0.738. The van der Waals surface area contributed by atoms with E-state index in [0.717, 1.165) is 5.76 Å². The van der Waals surface area contributed by atoms with Crippen LogP contribution in [0.1, 0.15) is 12.7 Å². The second-order valence-corrected chi connectivity index (χ2v) is 2.46. The lowest BCUT2D eigenvalue weighted by atomic mass is 10.4. The number of nitrogens with zero attached hydrogens (tertiary/aromatic N) is 1. The lowest BCUT2D eigenvalue weighted by molar-refractivity contribution is 0.189. The Hall–Kier alpha value is -0.870. The molecule has 0 saturated carbocycles. The van der Waals surface area contributed by atoms with Gasteiger partial charge in [-0.25, -0.2) is 0 Å². The first-order valence-electron chi connectivity index (χ1n) is 3.57. The lowest BCUT2D eigenvalue weighted by Crippen LogP contribution is -2.23. The molecule has 1 rings (SSSR count). The summed E-state index contributed by atoms with van der Waals surface area (Å²) in [5, 5.41) is 15.4. The predicted molar refractivity (Wildman–Crippen MR) is 39.9 cm³/mol. The van der Waals surface area contributed by atoms with Crippen LogP contribution in [0.15, 0.2) is 16.8 Å². The van der Waals surface area contributed by atoms with E-state index >= 15 is 0 Å². The molecule has 0 aromatic carbocycles. The fourth-order valence-electron chi connectivity index (χ4n) is 0.738. The van der Waals surface area contributed by atoms with Gasteiger partial charge < -0.3 is 14.9 Å². The number of hydrogen-bond acceptors (Lipinski definition) is 4. The van der Waals surface area contributed by atoms with Gasteiger partial charge in [-0.2, -0.15) is 0 Å². The minimum absolute atomic E-state index is 0.321. The number of aliphatic hydroxyl groups is 1. The summed E-state index contributed by atoms with van der Waals surface area (Å²) in [5.74, 6) is 0.783. The van der Waals surface area contributed by atoms with E-state index < -0.39 is 0 Å². The van der Waals surface area contributed by atoms with E-state index in [0.29, 0.717) is 13.1 Å². The SMILES string of the molecule is CC(O)CNCc1ccno1. The van der Waals surface area contributed by atoms with Crippen LogP contribution in [0, 0.1) is 0 Å². The number of rotatable bonds is 4. The summed E-state index contributed by atoms with van der Waals surface area (Å²) in [5.41, 5.74) is 0. The largest absolute Gasteiger partial charge is 0.392 e. The minimum Gasteiger partial charge on any atom is -0.392 e. The number of aromatic nitrogens is 1. The third kappa shape index (κ3) is 3.15. The van der Waals surface area contributed by atoms with E-state index in [-0.39, 0.29) is 6.10 Å². The summed E-state index contributed by atoms with van der Waals surface area (Å²) < 4.78 is 4.82. The zero-order valence-corrected chi connectivity index (χ0v) is 6.45. The summed E-state index contributed by atoms with van der Waals surface area (Å²) >= 11 is 0. The van der Waals surface area contributed by atoms with Crippen LogP contribution in [0.4, 0.5) is 0 Å². The topological polar surface area (TPSA) is 58.3 Å². The van der Waals surface area contributed by atoms with Crippen molar-refractivity contribution < 1.29 is 9.63 Å². The van der Waals surface area contributed by atoms with E-state index in [2.05, 4.69) is 10.5 Å². The zero-order chi connectivity index (χ0) is 8.10. The van der Waals surface area contributed by atoms with Gasteiger partial charge in [0.05, 0.1) is 18.8 Å². The Morgan fingerprint density at radius 2 is 2.64 bits per heavy atom. The van der Waals surface area contributed by atoms with Gasteiger partial charge in [0.15, 0.2) is 0 Å². The van der Waals surface area contributed by atoms with Gasteiger partial charge in [0, 0.05) is 12.6 Å². The first-order chi connectivity index (χ1) is 5.29. The quantitative estimate of drug-likeness (QED) is 0.651. The Morgan fingerprint density at radius 1 is 1.82 bits per heavy atom. The molecule has 62 valence electrons. The van der Waals surface area contributed by atoms with Crippen molar-refractivity contribution in [2.75, 3.05) is 6.54 Å². The van der Waals surface area contributed by atoms with Crippen LogP contribution in [0.25, 0.3) is 0 Å². The van der Waals surface area contributed by atoms with Crippen molar-refractivity contribution in [3.8, 4) is 0 Å². The molecule has 1 unspecified atom stereocenters.